The molecule has 13 heteroatoms. The van der Waals surface area contributed by atoms with Gasteiger partial charge in [-0.2, -0.15) is 0 Å². The van der Waals surface area contributed by atoms with Gasteiger partial charge >= 0.3 is 0 Å². The standard InChI is InChI=1S/C45H64N8O4S/c1-5-51-25-11-14-33(51)29-48-38(54)16-10-9-13-31-17-19-32(20-18-31)28-45(37-22-21-35(58-37)27-39(55)49-30-34-15-12-26-52(34)6-2)24-23-36-41(56)40(43(47)57)42(46)53(7-3,8-4)44(36)50-45/h17-24,33-34H,5-16,25-30H2,1-4H3,(H6-,46,47,48,49,50,54,55,56,57)/p+1. The van der Waals surface area contributed by atoms with E-state index in [-0.39, 0.29) is 39.9 Å². The van der Waals surface area contributed by atoms with Gasteiger partial charge in [-0.3, -0.25) is 24.2 Å². The number of rotatable bonds is 19. The highest BCUT2D eigenvalue weighted by atomic mass is 32.1. The van der Waals surface area contributed by atoms with E-state index in [0.29, 0.717) is 56.0 Å². The summed E-state index contributed by atoms with van der Waals surface area (Å²) in [6.45, 7) is 14.9. The molecule has 2 fully saturated rings. The number of amidine groups is 1. The number of likely N-dealkylation sites (tertiary alicyclic amines) is 2. The molecule has 3 atom stereocenters. The molecule has 1 aromatic heterocycles. The van der Waals surface area contributed by atoms with E-state index in [4.69, 9.17) is 5.73 Å². The van der Waals surface area contributed by atoms with Crippen molar-refractivity contribution in [1.29, 1.82) is 5.41 Å². The van der Waals surface area contributed by atoms with Gasteiger partial charge in [-0.05, 0) is 114 Å². The van der Waals surface area contributed by atoms with Gasteiger partial charge in [-0.25, -0.2) is 9.89 Å². The number of unbranched alkanes of at least 4 members (excludes halogenated alkanes) is 1. The van der Waals surface area contributed by atoms with Crippen molar-refractivity contribution < 1.29 is 24.0 Å². The third-order valence-corrected chi connectivity index (χ3v) is 14.2. The van der Waals surface area contributed by atoms with Crippen molar-refractivity contribution in [1.82, 2.24) is 25.8 Å². The van der Waals surface area contributed by atoms with Crippen molar-refractivity contribution >= 4 is 34.9 Å². The van der Waals surface area contributed by atoms with E-state index in [1.165, 1.54) is 12.0 Å². The van der Waals surface area contributed by atoms with Crippen LogP contribution in [0.1, 0.15) is 93.5 Å². The van der Waals surface area contributed by atoms with Crippen LogP contribution in [0.2, 0.25) is 0 Å². The second-order valence-corrected chi connectivity index (χ2v) is 17.5. The van der Waals surface area contributed by atoms with Crippen LogP contribution in [0.25, 0.3) is 0 Å². The number of nitrogens with two attached hydrogens (primary N) is 1. The van der Waals surface area contributed by atoms with Crippen molar-refractivity contribution in [3.8, 4) is 0 Å². The summed E-state index contributed by atoms with van der Waals surface area (Å²) in [6.07, 6.45) is 12.6. The van der Waals surface area contributed by atoms with Gasteiger partial charge in [0.2, 0.25) is 23.5 Å². The van der Waals surface area contributed by atoms with Gasteiger partial charge in [-0.15, -0.1) is 11.3 Å². The van der Waals surface area contributed by atoms with E-state index < -0.39 is 11.4 Å². The molecule has 0 saturated carbocycles. The maximum atomic E-state index is 13.2. The maximum absolute atomic E-state index is 13.2. The maximum Gasteiger partial charge on any atom is 0.260 e. The highest BCUT2D eigenvalue weighted by molar-refractivity contribution is 7.12. The molecule has 2 saturated heterocycles. The number of hydrogen-bond donors (Lipinski definition) is 6. The molecule has 4 aliphatic heterocycles. The van der Waals surface area contributed by atoms with Crippen LogP contribution < -0.4 is 21.7 Å². The molecule has 4 aliphatic rings. The Labute approximate surface area is 348 Å². The average Bonchev–Trinajstić information content (AvgIpc) is 4.00. The SMILES string of the molecule is CCN1CCCC1CNC(=O)CCCCc1ccc(CC2(c3ccc(CC(=O)NCC4CCCN4CC)s3)C=CC3=C(N2)[N+](CC)(CC)C(=N)C(C(N)=O)=C3O)cc1. The minimum Gasteiger partial charge on any atom is -0.506 e. The summed E-state index contributed by atoms with van der Waals surface area (Å²) in [4.78, 5) is 45.2. The predicted octanol–water partition coefficient (Wildman–Crippen LogP) is 5.16. The highest BCUT2D eigenvalue weighted by Crippen LogP contribution is 2.43. The van der Waals surface area contributed by atoms with E-state index >= 15 is 0 Å². The van der Waals surface area contributed by atoms with Crippen LogP contribution in [-0.4, -0.2) is 107 Å². The second-order valence-electron chi connectivity index (χ2n) is 16.3. The van der Waals surface area contributed by atoms with Gasteiger partial charge in [0.1, 0.15) is 0 Å². The zero-order valence-corrected chi connectivity index (χ0v) is 35.8. The number of aliphatic hydroxyl groups excluding tert-OH is 1. The lowest BCUT2D eigenvalue weighted by Crippen LogP contribution is -2.62. The van der Waals surface area contributed by atoms with Crippen molar-refractivity contribution in [3.05, 3.63) is 92.2 Å². The van der Waals surface area contributed by atoms with Gasteiger partial charge in [0.05, 0.1) is 30.6 Å². The largest absolute Gasteiger partial charge is 0.506 e. The number of aliphatic hydroxyl groups is 1. The van der Waals surface area contributed by atoms with Crippen molar-refractivity contribution in [2.75, 3.05) is 52.4 Å². The van der Waals surface area contributed by atoms with Crippen LogP contribution in [0.4, 0.5) is 0 Å². The quantitative estimate of drug-likeness (QED) is 0.0844. The molecule has 3 amide bonds. The number of carbonyl (C=O) groups excluding carboxylic acids is 3. The van der Waals surface area contributed by atoms with Crippen molar-refractivity contribution in [3.63, 3.8) is 0 Å². The molecule has 0 aliphatic carbocycles. The summed E-state index contributed by atoms with van der Waals surface area (Å²) in [5.41, 5.74) is 7.57. The van der Waals surface area contributed by atoms with Gasteiger partial charge in [-0.1, -0.05) is 44.2 Å². The number of allylic oxidation sites excluding steroid dienone is 1. The van der Waals surface area contributed by atoms with E-state index in [9.17, 15) is 24.9 Å². The van der Waals surface area contributed by atoms with E-state index in [1.807, 2.05) is 32.1 Å². The lowest BCUT2D eigenvalue weighted by Gasteiger charge is -2.46. The minimum atomic E-state index is -0.827. The Bertz CT molecular complexity index is 1910. The number of benzene rings is 1. The molecule has 0 bridgehead atoms. The van der Waals surface area contributed by atoms with E-state index in [0.717, 1.165) is 86.6 Å². The molecular formula is C45H65N8O4S+. The lowest BCUT2D eigenvalue weighted by atomic mass is 9.83. The predicted molar refractivity (Wildman–Crippen MR) is 231 cm³/mol. The van der Waals surface area contributed by atoms with Crippen LogP contribution in [-0.2, 0) is 39.2 Å². The number of carbonyl (C=O) groups is 3. The highest BCUT2D eigenvalue weighted by Gasteiger charge is 2.51. The molecule has 5 heterocycles. The first-order valence-corrected chi connectivity index (χ1v) is 22.4. The Morgan fingerprint density at radius 2 is 1.53 bits per heavy atom. The first-order chi connectivity index (χ1) is 28.0. The Balaban J connectivity index is 1.17. The number of quaternary nitrogens is 1. The Kier molecular flexibility index (Phi) is 14.3. The summed E-state index contributed by atoms with van der Waals surface area (Å²) < 4.78 is 0.0229. The summed E-state index contributed by atoms with van der Waals surface area (Å²) >= 11 is 1.59. The molecule has 2 aromatic rings. The fourth-order valence-electron chi connectivity index (χ4n) is 9.48. The third kappa shape index (κ3) is 9.28. The molecule has 314 valence electrons. The Morgan fingerprint density at radius 3 is 2.14 bits per heavy atom. The normalized spacial score (nSPS) is 23.3. The number of hydrogen-bond acceptors (Lipinski definition) is 9. The molecule has 12 nitrogen and oxygen atoms in total. The molecular weight excluding hydrogens is 749 g/mol. The molecule has 3 unspecified atom stereocenters. The molecule has 7 N–H and O–H groups in total. The smallest absolute Gasteiger partial charge is 0.260 e. The Morgan fingerprint density at radius 1 is 0.914 bits per heavy atom. The molecule has 58 heavy (non-hydrogen) atoms. The second kappa shape index (κ2) is 19.2. The van der Waals surface area contributed by atoms with Crippen LogP contribution in [0, 0.1) is 5.41 Å². The number of primary amides is 1. The topological polar surface area (TPSA) is 164 Å². The summed E-state index contributed by atoms with van der Waals surface area (Å²) in [5, 5.41) is 30.7. The molecule has 1 aromatic carbocycles. The number of nitrogens with zero attached hydrogens (tertiary/aromatic N) is 3. The fraction of sp³-hybridized carbons (Fsp3) is 0.556. The molecule has 0 radical (unpaired) electrons. The van der Waals surface area contributed by atoms with Crippen LogP contribution in [0.5, 0.6) is 0 Å². The molecule has 0 spiro atoms. The number of likely N-dealkylation sites (N-methyl/N-ethyl adjacent to an activating group) is 3. The number of thiophene rings is 1. The first-order valence-electron chi connectivity index (χ1n) is 21.6. The van der Waals surface area contributed by atoms with Crippen LogP contribution >= 0.6 is 11.3 Å². The van der Waals surface area contributed by atoms with E-state index in [2.05, 4.69) is 69.9 Å². The number of aryl methyl sites for hydroxylation is 1. The Hall–Kier alpha value is -4.30. The lowest BCUT2D eigenvalue weighted by molar-refractivity contribution is -0.804. The van der Waals surface area contributed by atoms with E-state index in [1.54, 1.807) is 11.3 Å². The number of amides is 3. The first kappa shape index (κ1) is 43.3. The third-order valence-electron chi connectivity index (χ3n) is 13.0. The monoisotopic (exact) mass is 813 g/mol. The van der Waals surface area contributed by atoms with Gasteiger partial charge in [0.15, 0.2) is 11.3 Å². The van der Waals surface area contributed by atoms with Gasteiger partial charge in [0.25, 0.3) is 5.91 Å². The molecule has 6 rings (SSSR count). The van der Waals surface area contributed by atoms with Crippen molar-refractivity contribution in [2.24, 2.45) is 5.73 Å². The average molecular weight is 814 g/mol. The van der Waals surface area contributed by atoms with Crippen LogP contribution in [0.15, 0.2) is 71.3 Å². The summed E-state index contributed by atoms with van der Waals surface area (Å²) in [7, 11) is 0. The zero-order chi connectivity index (χ0) is 41.5. The van der Waals surface area contributed by atoms with Crippen LogP contribution in [0.3, 0.4) is 0 Å². The zero-order valence-electron chi connectivity index (χ0n) is 35.0. The minimum absolute atomic E-state index is 0.00793. The summed E-state index contributed by atoms with van der Waals surface area (Å²) in [5.74, 6) is -0.351. The number of nitrogens with one attached hydrogen (secondary N) is 4. The van der Waals surface area contributed by atoms with Gasteiger partial charge < -0.3 is 26.8 Å². The number of dihydropyridines is 1. The van der Waals surface area contributed by atoms with Crippen molar-refractivity contribution in [2.45, 2.75) is 110 Å². The summed E-state index contributed by atoms with van der Waals surface area (Å²) in [6, 6.07) is 13.6. The fourth-order valence-corrected chi connectivity index (χ4v) is 10.6. The van der Waals surface area contributed by atoms with Gasteiger partial charge in [0, 0.05) is 47.8 Å².